The molecule has 0 saturated heterocycles. The van der Waals surface area contributed by atoms with Gasteiger partial charge in [-0.25, -0.2) is 4.79 Å². The van der Waals surface area contributed by atoms with Gasteiger partial charge in [0.25, 0.3) is 0 Å². The minimum absolute atomic E-state index is 0.0607. The zero-order chi connectivity index (χ0) is 13.5. The smallest absolute Gasteiger partial charge is 0.431 e. The predicted octanol–water partition coefficient (Wildman–Crippen LogP) is 2.34. The van der Waals surface area contributed by atoms with E-state index < -0.39 is 17.8 Å². The number of hydrogen-bond acceptors (Lipinski definition) is 2. The Morgan fingerprint density at radius 2 is 2.06 bits per heavy atom. The number of aromatic nitrogens is 1. The zero-order valence-corrected chi connectivity index (χ0v) is 9.01. The van der Waals surface area contributed by atoms with Gasteiger partial charge in [-0.3, -0.25) is 0 Å². The van der Waals surface area contributed by atoms with Crippen molar-refractivity contribution in [2.75, 3.05) is 0 Å². The Morgan fingerprint density at radius 3 is 2.56 bits per heavy atom. The molecule has 0 aliphatic rings. The van der Waals surface area contributed by atoms with Gasteiger partial charge in [0.1, 0.15) is 5.69 Å². The van der Waals surface area contributed by atoms with E-state index in [4.69, 9.17) is 10.8 Å². The molecule has 1 heterocycles. The molecule has 4 N–H and O–H groups in total. The third-order valence-corrected chi connectivity index (χ3v) is 2.64. The van der Waals surface area contributed by atoms with E-state index in [1.165, 1.54) is 12.1 Å². The van der Waals surface area contributed by atoms with Crippen molar-refractivity contribution in [1.82, 2.24) is 4.98 Å². The number of halogens is 3. The largest absolute Gasteiger partial charge is 0.478 e. The van der Waals surface area contributed by atoms with Gasteiger partial charge in [0.15, 0.2) is 0 Å². The summed E-state index contributed by atoms with van der Waals surface area (Å²) in [6.07, 6.45) is -4.54. The number of aromatic carboxylic acids is 1. The molecule has 0 fully saturated rings. The SMILES string of the molecule is NCc1c(C(F)(F)F)[nH]c2cc(C(=O)O)ccc12. The molecule has 0 unspecified atom stereocenters. The number of carboxylic acids is 1. The van der Waals surface area contributed by atoms with Crippen LogP contribution in [0.1, 0.15) is 21.6 Å². The topological polar surface area (TPSA) is 79.1 Å². The Balaban J connectivity index is 2.72. The number of benzene rings is 1. The molecule has 0 amide bonds. The van der Waals surface area contributed by atoms with Crippen LogP contribution in [0.2, 0.25) is 0 Å². The number of H-pyrrole nitrogens is 1. The van der Waals surface area contributed by atoms with Gasteiger partial charge in [-0.1, -0.05) is 6.07 Å². The molecular weight excluding hydrogens is 249 g/mol. The van der Waals surface area contributed by atoms with Gasteiger partial charge >= 0.3 is 12.1 Å². The number of rotatable bonds is 2. The molecule has 0 atom stereocenters. The normalized spacial score (nSPS) is 12.0. The summed E-state index contributed by atoms with van der Waals surface area (Å²) >= 11 is 0. The molecule has 2 aromatic rings. The number of aromatic amines is 1. The van der Waals surface area contributed by atoms with Crippen molar-refractivity contribution < 1.29 is 23.1 Å². The summed E-state index contributed by atoms with van der Waals surface area (Å²) in [5.41, 5.74) is 4.36. The van der Waals surface area contributed by atoms with Crippen molar-refractivity contribution in [2.45, 2.75) is 12.7 Å². The lowest BCUT2D eigenvalue weighted by Gasteiger charge is -2.05. The molecule has 1 aromatic heterocycles. The number of hydrogen-bond donors (Lipinski definition) is 3. The number of fused-ring (bicyclic) bond motifs is 1. The first-order valence-corrected chi connectivity index (χ1v) is 4.99. The molecule has 1 aromatic carbocycles. The monoisotopic (exact) mass is 258 g/mol. The first-order chi connectivity index (χ1) is 8.34. The minimum Gasteiger partial charge on any atom is -0.478 e. The Hall–Kier alpha value is -2.02. The van der Waals surface area contributed by atoms with E-state index in [1.807, 2.05) is 0 Å². The minimum atomic E-state index is -4.54. The molecule has 0 saturated carbocycles. The van der Waals surface area contributed by atoms with Crippen LogP contribution in [0.15, 0.2) is 18.2 Å². The average Bonchev–Trinajstić information content (AvgIpc) is 2.65. The number of nitrogens with one attached hydrogen (secondary N) is 1. The molecule has 4 nitrogen and oxygen atoms in total. The van der Waals surface area contributed by atoms with Crippen LogP contribution in [0.4, 0.5) is 13.2 Å². The molecule has 0 aliphatic heterocycles. The molecule has 18 heavy (non-hydrogen) atoms. The maximum absolute atomic E-state index is 12.7. The van der Waals surface area contributed by atoms with Crippen molar-refractivity contribution in [2.24, 2.45) is 5.73 Å². The third kappa shape index (κ3) is 1.92. The maximum atomic E-state index is 12.7. The van der Waals surface area contributed by atoms with Crippen molar-refractivity contribution >= 4 is 16.9 Å². The lowest BCUT2D eigenvalue weighted by molar-refractivity contribution is -0.141. The first kappa shape index (κ1) is 12.4. The number of carboxylic acid groups (broad SMARTS) is 1. The lowest BCUT2D eigenvalue weighted by Crippen LogP contribution is -2.11. The van der Waals surface area contributed by atoms with Crippen molar-refractivity contribution in [3.05, 3.63) is 35.0 Å². The molecule has 0 radical (unpaired) electrons. The van der Waals surface area contributed by atoms with Crippen molar-refractivity contribution in [3.63, 3.8) is 0 Å². The Bertz CT molecular complexity index is 617. The van der Waals surface area contributed by atoms with Gasteiger partial charge in [0, 0.05) is 23.0 Å². The summed E-state index contributed by atoms with van der Waals surface area (Å²) in [4.78, 5) is 12.9. The number of alkyl halides is 3. The van der Waals surface area contributed by atoms with E-state index in [9.17, 15) is 18.0 Å². The summed E-state index contributed by atoms with van der Waals surface area (Å²) in [6.45, 7) is -0.277. The van der Waals surface area contributed by atoms with E-state index >= 15 is 0 Å². The first-order valence-electron chi connectivity index (χ1n) is 4.99. The average molecular weight is 258 g/mol. The molecule has 7 heteroatoms. The second-order valence-corrected chi connectivity index (χ2v) is 3.75. The van der Waals surface area contributed by atoms with Crippen LogP contribution >= 0.6 is 0 Å². The highest BCUT2D eigenvalue weighted by atomic mass is 19.4. The fourth-order valence-electron chi connectivity index (χ4n) is 1.84. The molecule has 0 bridgehead atoms. The maximum Gasteiger partial charge on any atom is 0.431 e. The fourth-order valence-corrected chi connectivity index (χ4v) is 1.84. The summed E-state index contributed by atoms with van der Waals surface area (Å²) in [5.74, 6) is -1.20. The Kier molecular flexibility index (Phi) is 2.78. The van der Waals surface area contributed by atoms with Crippen LogP contribution in [0.25, 0.3) is 10.9 Å². The van der Waals surface area contributed by atoms with Crippen LogP contribution in [-0.4, -0.2) is 16.1 Å². The van der Waals surface area contributed by atoms with E-state index in [0.717, 1.165) is 6.07 Å². The molecule has 0 aliphatic carbocycles. The predicted molar refractivity (Wildman–Crippen MR) is 58.2 cm³/mol. The lowest BCUT2D eigenvalue weighted by atomic mass is 10.1. The van der Waals surface area contributed by atoms with Gasteiger partial charge in [0.05, 0.1) is 5.56 Å². The number of nitrogens with two attached hydrogens (primary N) is 1. The third-order valence-electron chi connectivity index (χ3n) is 2.64. The van der Waals surface area contributed by atoms with E-state index in [2.05, 4.69) is 4.98 Å². The second kappa shape index (κ2) is 4.02. The van der Waals surface area contributed by atoms with Gasteiger partial charge in [0.2, 0.25) is 0 Å². The van der Waals surface area contributed by atoms with Crippen LogP contribution in [0, 0.1) is 0 Å². The van der Waals surface area contributed by atoms with Gasteiger partial charge < -0.3 is 15.8 Å². The summed E-state index contributed by atoms with van der Waals surface area (Å²) in [7, 11) is 0. The number of carbonyl (C=O) groups is 1. The highest BCUT2D eigenvalue weighted by Gasteiger charge is 2.35. The van der Waals surface area contributed by atoms with Crippen LogP contribution < -0.4 is 5.73 Å². The molecule has 96 valence electrons. The highest BCUT2D eigenvalue weighted by Crippen LogP contribution is 2.35. The highest BCUT2D eigenvalue weighted by molar-refractivity contribution is 5.94. The second-order valence-electron chi connectivity index (χ2n) is 3.75. The molecule has 2 rings (SSSR count). The zero-order valence-electron chi connectivity index (χ0n) is 9.01. The Labute approximate surface area is 99.2 Å². The van der Waals surface area contributed by atoms with Gasteiger partial charge in [-0.2, -0.15) is 13.2 Å². The molecule has 0 spiro atoms. The molecular formula is C11H9F3N2O2. The van der Waals surface area contributed by atoms with Crippen LogP contribution in [0.5, 0.6) is 0 Å². The van der Waals surface area contributed by atoms with Crippen molar-refractivity contribution in [1.29, 1.82) is 0 Å². The van der Waals surface area contributed by atoms with Crippen molar-refractivity contribution in [3.8, 4) is 0 Å². The summed E-state index contributed by atoms with van der Waals surface area (Å²) < 4.78 is 38.2. The fraction of sp³-hybridized carbons (Fsp3) is 0.182. The standard InChI is InChI=1S/C11H9F3N2O2/c12-11(13,14)9-7(4-15)6-2-1-5(10(17)18)3-8(6)16-9/h1-3,16H,4,15H2,(H,17,18). The quantitative estimate of drug-likeness (QED) is 0.773. The summed E-state index contributed by atoms with van der Waals surface area (Å²) in [6, 6.07) is 3.73. The Morgan fingerprint density at radius 1 is 1.39 bits per heavy atom. The summed E-state index contributed by atoms with van der Waals surface area (Å²) in [5, 5.41) is 9.06. The van der Waals surface area contributed by atoms with E-state index in [-0.39, 0.29) is 28.6 Å². The van der Waals surface area contributed by atoms with Crippen LogP contribution in [0.3, 0.4) is 0 Å². The van der Waals surface area contributed by atoms with Crippen LogP contribution in [-0.2, 0) is 12.7 Å². The van der Waals surface area contributed by atoms with E-state index in [0.29, 0.717) is 0 Å². The van der Waals surface area contributed by atoms with Gasteiger partial charge in [-0.15, -0.1) is 0 Å². The van der Waals surface area contributed by atoms with Gasteiger partial charge in [-0.05, 0) is 12.1 Å². The van der Waals surface area contributed by atoms with E-state index in [1.54, 1.807) is 0 Å².